The van der Waals surface area contributed by atoms with Crippen LogP contribution < -0.4 is 11.1 Å². The highest BCUT2D eigenvalue weighted by Crippen LogP contribution is 2.15. The molecular weight excluding hydrogens is 352 g/mol. The van der Waals surface area contributed by atoms with Crippen molar-refractivity contribution >= 4 is 29.9 Å². The highest BCUT2D eigenvalue weighted by Gasteiger charge is 2.27. The Morgan fingerprint density at radius 3 is 2.35 bits per heavy atom. The Bertz CT molecular complexity index is 601. The molecule has 1 atom stereocenters. The Morgan fingerprint density at radius 2 is 1.77 bits per heavy atom. The normalized spacial score (nSPS) is 16.1. The van der Waals surface area contributed by atoms with Gasteiger partial charge in [0.05, 0.1) is 12.6 Å². The molecule has 1 aliphatic heterocycles. The van der Waals surface area contributed by atoms with Crippen LogP contribution in [0.25, 0.3) is 0 Å². The van der Waals surface area contributed by atoms with Crippen LogP contribution in [-0.4, -0.2) is 60.4 Å². The fourth-order valence-electron chi connectivity index (χ4n) is 2.97. The van der Waals surface area contributed by atoms with E-state index in [1.165, 1.54) is 0 Å². The Morgan fingerprint density at radius 1 is 1.15 bits per heavy atom. The van der Waals surface area contributed by atoms with Crippen molar-refractivity contribution in [1.82, 2.24) is 9.80 Å². The summed E-state index contributed by atoms with van der Waals surface area (Å²) in [7, 11) is 0. The number of anilines is 1. The summed E-state index contributed by atoms with van der Waals surface area (Å²) in [6.07, 6.45) is 0.882. The standard InChI is InChI=1S/C19H30N4O2.ClH/c1-4-15-7-5-6-8-16(15)21-17(24)13-22-9-11-23(12-10-22)19(25)18(20)14(2)3;/h5-8,14,18H,4,9-13,20H2,1-3H3,(H,21,24);1H/t18-;/m0./s1. The molecule has 0 saturated carbocycles. The van der Waals surface area contributed by atoms with Crippen LogP contribution in [-0.2, 0) is 16.0 Å². The van der Waals surface area contributed by atoms with Crippen LogP contribution in [0.1, 0.15) is 26.3 Å². The molecule has 0 unspecified atom stereocenters. The van der Waals surface area contributed by atoms with E-state index in [1.54, 1.807) is 0 Å². The largest absolute Gasteiger partial charge is 0.339 e. The van der Waals surface area contributed by atoms with Crippen molar-refractivity contribution in [3.8, 4) is 0 Å². The van der Waals surface area contributed by atoms with Crippen molar-refractivity contribution in [2.75, 3.05) is 38.0 Å². The van der Waals surface area contributed by atoms with Crippen LogP contribution in [0.15, 0.2) is 24.3 Å². The van der Waals surface area contributed by atoms with Crippen molar-refractivity contribution < 1.29 is 9.59 Å². The number of para-hydroxylation sites is 1. The molecule has 1 aromatic carbocycles. The first-order valence-electron chi connectivity index (χ1n) is 9.06. The number of benzene rings is 1. The lowest BCUT2D eigenvalue weighted by molar-refractivity contribution is -0.135. The molecular formula is C19H31ClN4O2. The van der Waals surface area contributed by atoms with Gasteiger partial charge in [-0.2, -0.15) is 0 Å². The smallest absolute Gasteiger partial charge is 0.239 e. The molecule has 7 heteroatoms. The van der Waals surface area contributed by atoms with Gasteiger partial charge in [0.25, 0.3) is 0 Å². The summed E-state index contributed by atoms with van der Waals surface area (Å²) in [6, 6.07) is 7.42. The van der Waals surface area contributed by atoms with Gasteiger partial charge in [0, 0.05) is 31.9 Å². The van der Waals surface area contributed by atoms with Crippen molar-refractivity contribution in [1.29, 1.82) is 0 Å². The van der Waals surface area contributed by atoms with Crippen LogP contribution in [0.3, 0.4) is 0 Å². The summed E-state index contributed by atoms with van der Waals surface area (Å²) in [5.74, 6) is 0.130. The second kappa shape index (κ2) is 10.5. The highest BCUT2D eigenvalue weighted by molar-refractivity contribution is 5.93. The van der Waals surface area contributed by atoms with E-state index in [-0.39, 0.29) is 30.1 Å². The van der Waals surface area contributed by atoms with Crippen LogP contribution in [0, 0.1) is 5.92 Å². The van der Waals surface area contributed by atoms with E-state index in [1.807, 2.05) is 43.0 Å². The van der Waals surface area contributed by atoms with E-state index in [9.17, 15) is 9.59 Å². The predicted molar refractivity (Wildman–Crippen MR) is 108 cm³/mol. The molecule has 1 saturated heterocycles. The maximum absolute atomic E-state index is 12.3. The Balaban J connectivity index is 0.00000338. The minimum Gasteiger partial charge on any atom is -0.339 e. The summed E-state index contributed by atoms with van der Waals surface area (Å²) in [5, 5.41) is 2.99. The third-order valence-electron chi connectivity index (χ3n) is 4.73. The molecule has 0 spiro atoms. The number of hydrogen-bond acceptors (Lipinski definition) is 4. The van der Waals surface area contributed by atoms with Gasteiger partial charge in [-0.05, 0) is 24.0 Å². The molecule has 146 valence electrons. The monoisotopic (exact) mass is 382 g/mol. The van der Waals surface area contributed by atoms with Gasteiger partial charge in [0.15, 0.2) is 0 Å². The van der Waals surface area contributed by atoms with E-state index in [4.69, 9.17) is 5.73 Å². The maximum Gasteiger partial charge on any atom is 0.239 e. The van der Waals surface area contributed by atoms with E-state index in [0.29, 0.717) is 32.7 Å². The number of amides is 2. The number of piperazine rings is 1. The molecule has 0 aromatic heterocycles. The molecule has 0 bridgehead atoms. The van der Waals surface area contributed by atoms with Gasteiger partial charge in [-0.1, -0.05) is 39.0 Å². The third-order valence-corrected chi connectivity index (χ3v) is 4.73. The molecule has 6 nitrogen and oxygen atoms in total. The van der Waals surface area contributed by atoms with Gasteiger partial charge in [-0.25, -0.2) is 0 Å². The topological polar surface area (TPSA) is 78.7 Å². The zero-order valence-electron chi connectivity index (χ0n) is 15.9. The fourth-order valence-corrected chi connectivity index (χ4v) is 2.97. The number of nitrogens with one attached hydrogen (secondary N) is 1. The first-order chi connectivity index (χ1) is 11.9. The SMILES string of the molecule is CCc1ccccc1NC(=O)CN1CCN(C(=O)[C@@H](N)C(C)C)CC1.Cl. The van der Waals surface area contributed by atoms with Crippen LogP contribution >= 0.6 is 12.4 Å². The first kappa shape index (κ1) is 22.4. The average molecular weight is 383 g/mol. The van der Waals surface area contributed by atoms with Crippen molar-refractivity contribution in [3.63, 3.8) is 0 Å². The number of nitrogens with two attached hydrogens (primary N) is 1. The average Bonchev–Trinajstić information content (AvgIpc) is 2.61. The summed E-state index contributed by atoms with van der Waals surface area (Å²) in [5.41, 5.74) is 7.97. The van der Waals surface area contributed by atoms with Gasteiger partial charge in [0.2, 0.25) is 11.8 Å². The molecule has 26 heavy (non-hydrogen) atoms. The second-order valence-corrected chi connectivity index (χ2v) is 6.93. The summed E-state index contributed by atoms with van der Waals surface area (Å²) in [4.78, 5) is 28.5. The zero-order valence-corrected chi connectivity index (χ0v) is 16.7. The first-order valence-corrected chi connectivity index (χ1v) is 9.06. The molecule has 3 N–H and O–H groups in total. The van der Waals surface area contributed by atoms with E-state index in [0.717, 1.165) is 17.7 Å². The summed E-state index contributed by atoms with van der Waals surface area (Å²) < 4.78 is 0. The molecule has 1 aromatic rings. The number of aryl methyl sites for hydroxylation is 1. The number of rotatable bonds is 6. The number of carbonyl (C=O) groups excluding carboxylic acids is 2. The minimum atomic E-state index is -0.444. The van der Waals surface area contributed by atoms with Crippen molar-refractivity contribution in [3.05, 3.63) is 29.8 Å². The van der Waals surface area contributed by atoms with Crippen molar-refractivity contribution in [2.24, 2.45) is 11.7 Å². The Labute approximate surface area is 162 Å². The quantitative estimate of drug-likeness (QED) is 0.785. The minimum absolute atomic E-state index is 0. The van der Waals surface area contributed by atoms with Crippen molar-refractivity contribution in [2.45, 2.75) is 33.2 Å². The number of nitrogens with zero attached hydrogens (tertiary/aromatic N) is 2. The zero-order chi connectivity index (χ0) is 18.4. The molecule has 0 radical (unpaired) electrons. The number of halogens is 1. The van der Waals surface area contributed by atoms with Gasteiger partial charge >= 0.3 is 0 Å². The number of hydrogen-bond donors (Lipinski definition) is 2. The maximum atomic E-state index is 12.3. The number of carbonyl (C=O) groups is 2. The lowest BCUT2D eigenvalue weighted by atomic mass is 10.0. The van der Waals surface area contributed by atoms with Gasteiger partial charge < -0.3 is 16.0 Å². The lowest BCUT2D eigenvalue weighted by Gasteiger charge is -2.36. The van der Waals surface area contributed by atoms with Gasteiger partial charge in [-0.3, -0.25) is 14.5 Å². The third kappa shape index (κ3) is 5.97. The summed E-state index contributed by atoms with van der Waals surface area (Å²) in [6.45, 7) is 8.96. The van der Waals surface area contributed by atoms with Gasteiger partial charge in [0.1, 0.15) is 0 Å². The molecule has 1 fully saturated rings. The summed E-state index contributed by atoms with van der Waals surface area (Å²) >= 11 is 0. The van der Waals surface area contributed by atoms with Gasteiger partial charge in [-0.15, -0.1) is 12.4 Å². The Hall–Kier alpha value is -1.63. The Kier molecular flexibility index (Phi) is 9.05. The molecule has 1 aliphatic rings. The molecule has 2 rings (SSSR count). The van der Waals surface area contributed by atoms with Crippen LogP contribution in [0.4, 0.5) is 5.69 Å². The molecule has 1 heterocycles. The van der Waals surface area contributed by atoms with Crippen LogP contribution in [0.5, 0.6) is 0 Å². The van der Waals surface area contributed by atoms with Crippen LogP contribution in [0.2, 0.25) is 0 Å². The van der Waals surface area contributed by atoms with E-state index >= 15 is 0 Å². The predicted octanol–water partition coefficient (Wildman–Crippen LogP) is 1.74. The molecule has 2 amide bonds. The highest BCUT2D eigenvalue weighted by atomic mass is 35.5. The van der Waals surface area contributed by atoms with E-state index < -0.39 is 6.04 Å². The molecule has 0 aliphatic carbocycles. The van der Waals surface area contributed by atoms with E-state index in [2.05, 4.69) is 17.1 Å². The second-order valence-electron chi connectivity index (χ2n) is 6.93. The fraction of sp³-hybridized carbons (Fsp3) is 0.579. The lowest BCUT2D eigenvalue weighted by Crippen LogP contribution is -2.55.